The molecule has 2 aromatic rings. The van der Waals surface area contributed by atoms with Crippen molar-refractivity contribution in [2.24, 2.45) is 11.8 Å². The number of nitrogens with zero attached hydrogens (tertiary/aromatic N) is 4. The van der Waals surface area contributed by atoms with Gasteiger partial charge in [-0.25, -0.2) is 9.97 Å². The lowest BCUT2D eigenvalue weighted by molar-refractivity contribution is -0.137. The van der Waals surface area contributed by atoms with Crippen molar-refractivity contribution in [1.82, 2.24) is 9.97 Å². The second-order valence-electron chi connectivity index (χ2n) is 7.09. The Morgan fingerprint density at radius 2 is 1.93 bits per heavy atom. The van der Waals surface area contributed by atoms with Crippen LogP contribution in [0.5, 0.6) is 0 Å². The third-order valence-electron chi connectivity index (χ3n) is 5.36. The predicted molar refractivity (Wildman–Crippen MR) is 94.6 cm³/mol. The molecule has 9 heteroatoms. The Hall–Kier alpha value is -3.15. The molecule has 1 saturated carbocycles. The smallest absolute Gasteiger partial charge is 0.355 e. The number of hydrogen-bond donors (Lipinski definition) is 1. The Bertz CT molecular complexity index is 957. The van der Waals surface area contributed by atoms with Gasteiger partial charge in [0, 0.05) is 31.2 Å². The lowest BCUT2D eigenvalue weighted by Gasteiger charge is -2.27. The maximum absolute atomic E-state index is 13.2. The molecule has 2 fully saturated rings. The first-order valence-electron chi connectivity index (χ1n) is 8.85. The van der Waals surface area contributed by atoms with Crippen LogP contribution in [0.4, 0.5) is 24.7 Å². The standard InChI is InChI=1S/C19H16F3N5O/c20-19(21,22)13-5-16(18(28)26-14-3-4-24-15(6-14)7-23)17(25-8-13)27-9-11-1-2-12(11)10-27/h3-6,8,11-12H,1-2,9-10H2,(H,24,26,28)/t11-,12+. The number of pyridine rings is 2. The highest BCUT2D eigenvalue weighted by Gasteiger charge is 2.41. The van der Waals surface area contributed by atoms with Gasteiger partial charge in [0.1, 0.15) is 17.6 Å². The molecule has 0 unspecified atom stereocenters. The number of fused-ring (bicyclic) bond motifs is 1. The fourth-order valence-corrected chi connectivity index (χ4v) is 3.73. The summed E-state index contributed by atoms with van der Waals surface area (Å²) < 4.78 is 39.5. The third kappa shape index (κ3) is 3.38. The summed E-state index contributed by atoms with van der Waals surface area (Å²) in [6.07, 6.45) is -0.298. The van der Waals surface area contributed by atoms with E-state index in [-0.39, 0.29) is 22.8 Å². The minimum atomic E-state index is -4.60. The van der Waals surface area contributed by atoms with Gasteiger partial charge in [0.15, 0.2) is 0 Å². The van der Waals surface area contributed by atoms with E-state index in [1.807, 2.05) is 11.0 Å². The van der Waals surface area contributed by atoms with Crippen molar-refractivity contribution >= 4 is 17.4 Å². The number of hydrogen-bond acceptors (Lipinski definition) is 5. The monoisotopic (exact) mass is 387 g/mol. The lowest BCUT2D eigenvalue weighted by atomic mass is 9.77. The second-order valence-corrected chi connectivity index (χ2v) is 7.09. The zero-order valence-electron chi connectivity index (χ0n) is 14.7. The van der Waals surface area contributed by atoms with E-state index in [1.165, 1.54) is 18.3 Å². The zero-order valence-corrected chi connectivity index (χ0v) is 14.7. The van der Waals surface area contributed by atoms with Crippen molar-refractivity contribution in [3.63, 3.8) is 0 Å². The largest absolute Gasteiger partial charge is 0.417 e. The van der Waals surface area contributed by atoms with E-state index >= 15 is 0 Å². The summed E-state index contributed by atoms with van der Waals surface area (Å²) in [5.41, 5.74) is -0.736. The van der Waals surface area contributed by atoms with Crippen LogP contribution < -0.4 is 10.2 Å². The first-order valence-corrected chi connectivity index (χ1v) is 8.85. The van der Waals surface area contributed by atoms with Crippen molar-refractivity contribution in [1.29, 1.82) is 5.26 Å². The number of alkyl halides is 3. The van der Waals surface area contributed by atoms with Crippen LogP contribution in [0.15, 0.2) is 30.6 Å². The minimum absolute atomic E-state index is 0.0938. The molecule has 1 amide bonds. The molecule has 28 heavy (non-hydrogen) atoms. The quantitative estimate of drug-likeness (QED) is 0.872. The second kappa shape index (κ2) is 6.78. The van der Waals surface area contributed by atoms with Crippen LogP contribution in [0, 0.1) is 23.2 Å². The van der Waals surface area contributed by atoms with Crippen molar-refractivity contribution < 1.29 is 18.0 Å². The Morgan fingerprint density at radius 1 is 1.21 bits per heavy atom. The molecule has 1 aliphatic heterocycles. The summed E-state index contributed by atoms with van der Waals surface area (Å²) in [6, 6.07) is 5.51. The van der Waals surface area contributed by atoms with Crippen molar-refractivity contribution in [2.45, 2.75) is 19.0 Å². The average Bonchev–Trinajstić information content (AvgIpc) is 2.95. The minimum Gasteiger partial charge on any atom is -0.355 e. The van der Waals surface area contributed by atoms with Gasteiger partial charge in [-0.3, -0.25) is 4.79 Å². The molecule has 6 nitrogen and oxygen atoms in total. The molecule has 2 aliphatic rings. The molecular weight excluding hydrogens is 371 g/mol. The van der Waals surface area contributed by atoms with Crippen LogP contribution in [0.2, 0.25) is 0 Å². The molecule has 0 spiro atoms. The Labute approximate surface area is 159 Å². The molecule has 1 N–H and O–H groups in total. The van der Waals surface area contributed by atoms with Crippen molar-refractivity contribution in [2.75, 3.05) is 23.3 Å². The van der Waals surface area contributed by atoms with E-state index in [0.29, 0.717) is 24.9 Å². The van der Waals surface area contributed by atoms with Gasteiger partial charge in [-0.1, -0.05) is 0 Å². The SMILES string of the molecule is N#Cc1cc(NC(=O)c2cc(C(F)(F)F)cnc2N2C[C@H]3CC[C@H]3C2)ccn1. The van der Waals surface area contributed by atoms with E-state index < -0.39 is 17.6 Å². The molecule has 144 valence electrons. The van der Waals surface area contributed by atoms with Gasteiger partial charge in [0.25, 0.3) is 5.91 Å². The molecule has 0 bridgehead atoms. The number of amides is 1. The van der Waals surface area contributed by atoms with Crippen molar-refractivity contribution in [3.8, 4) is 6.07 Å². The number of carbonyl (C=O) groups is 1. The average molecular weight is 387 g/mol. The molecule has 0 aromatic carbocycles. The first-order chi connectivity index (χ1) is 13.3. The number of nitriles is 1. The fraction of sp³-hybridized carbons (Fsp3) is 0.368. The molecule has 2 atom stereocenters. The van der Waals surface area contributed by atoms with Gasteiger partial charge < -0.3 is 10.2 Å². The number of carbonyl (C=O) groups excluding carboxylic acids is 1. The highest BCUT2D eigenvalue weighted by atomic mass is 19.4. The molecule has 0 radical (unpaired) electrons. The van der Waals surface area contributed by atoms with E-state index in [1.54, 1.807) is 0 Å². The molecule has 4 rings (SSSR count). The summed E-state index contributed by atoms with van der Waals surface area (Å²) >= 11 is 0. The predicted octanol–water partition coefficient (Wildman–Crippen LogP) is 3.47. The number of nitrogens with one attached hydrogen (secondary N) is 1. The summed E-state index contributed by atoms with van der Waals surface area (Å²) in [5, 5.41) is 11.5. The fourth-order valence-electron chi connectivity index (χ4n) is 3.73. The summed E-state index contributed by atoms with van der Waals surface area (Å²) in [4.78, 5) is 22.5. The van der Waals surface area contributed by atoms with E-state index in [9.17, 15) is 18.0 Å². The molecular formula is C19H16F3N5O. The highest BCUT2D eigenvalue weighted by Crippen LogP contribution is 2.42. The van der Waals surface area contributed by atoms with Crippen LogP contribution in [-0.4, -0.2) is 29.0 Å². The van der Waals surface area contributed by atoms with Crippen LogP contribution in [0.3, 0.4) is 0 Å². The van der Waals surface area contributed by atoms with Crippen LogP contribution in [0.1, 0.15) is 34.5 Å². The third-order valence-corrected chi connectivity index (χ3v) is 5.36. The number of aromatic nitrogens is 2. The van der Waals surface area contributed by atoms with Gasteiger partial charge in [-0.05, 0) is 42.9 Å². The zero-order chi connectivity index (χ0) is 19.9. The highest BCUT2D eigenvalue weighted by molar-refractivity contribution is 6.07. The lowest BCUT2D eigenvalue weighted by Crippen LogP contribution is -2.26. The number of rotatable bonds is 3. The Kier molecular flexibility index (Phi) is 4.41. The van der Waals surface area contributed by atoms with Gasteiger partial charge in [0.05, 0.1) is 11.1 Å². The first kappa shape index (κ1) is 18.2. The molecule has 1 aliphatic carbocycles. The Balaban J connectivity index is 1.67. The van der Waals surface area contributed by atoms with Crippen LogP contribution in [-0.2, 0) is 6.18 Å². The van der Waals surface area contributed by atoms with E-state index in [4.69, 9.17) is 5.26 Å². The summed E-state index contributed by atoms with van der Waals surface area (Å²) in [6.45, 7) is 1.38. The van der Waals surface area contributed by atoms with E-state index in [2.05, 4.69) is 15.3 Å². The van der Waals surface area contributed by atoms with E-state index in [0.717, 1.165) is 25.1 Å². The molecule has 3 heterocycles. The van der Waals surface area contributed by atoms with Crippen LogP contribution >= 0.6 is 0 Å². The summed E-state index contributed by atoms with van der Waals surface area (Å²) in [7, 11) is 0. The number of halogens is 3. The van der Waals surface area contributed by atoms with Crippen molar-refractivity contribution in [3.05, 3.63) is 47.4 Å². The molecule has 1 saturated heterocycles. The molecule has 2 aromatic heterocycles. The normalized spacial score (nSPS) is 20.9. The summed E-state index contributed by atoms with van der Waals surface area (Å²) in [5.74, 6) is 0.578. The Morgan fingerprint density at radius 3 is 2.54 bits per heavy atom. The van der Waals surface area contributed by atoms with Gasteiger partial charge >= 0.3 is 6.18 Å². The maximum atomic E-state index is 13.2. The van der Waals surface area contributed by atoms with Gasteiger partial charge in [0.2, 0.25) is 0 Å². The topological polar surface area (TPSA) is 81.9 Å². The van der Waals surface area contributed by atoms with Gasteiger partial charge in [-0.15, -0.1) is 0 Å². The maximum Gasteiger partial charge on any atom is 0.417 e. The van der Waals surface area contributed by atoms with Gasteiger partial charge in [-0.2, -0.15) is 18.4 Å². The van der Waals surface area contributed by atoms with Crippen LogP contribution in [0.25, 0.3) is 0 Å². The number of anilines is 2.